The van der Waals surface area contributed by atoms with Gasteiger partial charge in [0.05, 0.1) is 7.11 Å². The molecule has 24 heavy (non-hydrogen) atoms. The van der Waals surface area contributed by atoms with Crippen LogP contribution in [0.25, 0.3) is 0 Å². The van der Waals surface area contributed by atoms with Crippen molar-refractivity contribution in [2.75, 3.05) is 20.2 Å². The van der Waals surface area contributed by atoms with Gasteiger partial charge in [0.25, 0.3) is 0 Å². The van der Waals surface area contributed by atoms with Crippen LogP contribution in [0.5, 0.6) is 5.75 Å². The summed E-state index contributed by atoms with van der Waals surface area (Å²) in [5, 5.41) is 0. The van der Waals surface area contributed by atoms with E-state index in [0.29, 0.717) is 6.04 Å². The van der Waals surface area contributed by atoms with E-state index in [1.165, 1.54) is 36.1 Å². The van der Waals surface area contributed by atoms with Gasteiger partial charge in [-0.2, -0.15) is 0 Å². The minimum absolute atomic E-state index is 0.645. The lowest BCUT2D eigenvalue weighted by molar-refractivity contribution is 0.181. The SMILES string of the molecule is CCCN(CCc1ccncc1)C1CCc2c(cccc2OC)C1. The zero-order chi connectivity index (χ0) is 16.8. The molecule has 1 aliphatic carbocycles. The molecule has 0 saturated carbocycles. The molecule has 3 nitrogen and oxygen atoms in total. The number of rotatable bonds is 7. The van der Waals surface area contributed by atoms with Gasteiger partial charge in [0.15, 0.2) is 0 Å². The van der Waals surface area contributed by atoms with E-state index < -0.39 is 0 Å². The normalized spacial score (nSPS) is 16.9. The molecule has 1 heterocycles. The Balaban J connectivity index is 1.68. The number of fused-ring (bicyclic) bond motifs is 1. The molecule has 128 valence electrons. The van der Waals surface area contributed by atoms with Gasteiger partial charge in [-0.1, -0.05) is 19.1 Å². The highest BCUT2D eigenvalue weighted by Gasteiger charge is 2.25. The first-order valence-electron chi connectivity index (χ1n) is 9.09. The van der Waals surface area contributed by atoms with Gasteiger partial charge in [0.2, 0.25) is 0 Å². The van der Waals surface area contributed by atoms with Crippen molar-refractivity contribution in [3.05, 3.63) is 59.4 Å². The number of methoxy groups -OCH3 is 1. The highest BCUT2D eigenvalue weighted by atomic mass is 16.5. The van der Waals surface area contributed by atoms with Gasteiger partial charge in [-0.15, -0.1) is 0 Å². The van der Waals surface area contributed by atoms with Crippen LogP contribution in [0.4, 0.5) is 0 Å². The van der Waals surface area contributed by atoms with E-state index in [9.17, 15) is 0 Å². The van der Waals surface area contributed by atoms with Gasteiger partial charge in [-0.05, 0) is 73.5 Å². The Bertz CT molecular complexity index is 642. The summed E-state index contributed by atoms with van der Waals surface area (Å²) in [5.41, 5.74) is 4.27. The van der Waals surface area contributed by atoms with Gasteiger partial charge in [0.1, 0.15) is 5.75 Å². The standard InChI is InChI=1S/C21H28N2O/c1-3-14-23(15-11-17-9-12-22-13-10-17)19-7-8-20-18(16-19)5-4-6-21(20)24-2/h4-6,9-10,12-13,19H,3,7-8,11,14-16H2,1-2H3. The summed E-state index contributed by atoms with van der Waals surface area (Å²) in [6.45, 7) is 4.58. The first-order valence-corrected chi connectivity index (χ1v) is 9.09. The van der Waals surface area contributed by atoms with Crippen LogP contribution in [0.1, 0.15) is 36.5 Å². The Morgan fingerprint density at radius 1 is 1.17 bits per heavy atom. The van der Waals surface area contributed by atoms with E-state index in [1.807, 2.05) is 12.4 Å². The molecule has 2 aromatic rings. The zero-order valence-corrected chi connectivity index (χ0v) is 14.9. The van der Waals surface area contributed by atoms with Gasteiger partial charge in [0, 0.05) is 25.0 Å². The van der Waals surface area contributed by atoms with Crippen LogP contribution in [0.15, 0.2) is 42.7 Å². The number of aromatic nitrogens is 1. The van der Waals surface area contributed by atoms with Crippen LogP contribution < -0.4 is 4.74 Å². The van der Waals surface area contributed by atoms with Crippen molar-refractivity contribution in [1.82, 2.24) is 9.88 Å². The average Bonchev–Trinajstić information content (AvgIpc) is 2.65. The summed E-state index contributed by atoms with van der Waals surface area (Å²) in [5.74, 6) is 1.06. The second-order valence-corrected chi connectivity index (χ2v) is 6.64. The number of pyridine rings is 1. The van der Waals surface area contributed by atoms with Gasteiger partial charge in [-0.25, -0.2) is 0 Å². The predicted molar refractivity (Wildman–Crippen MR) is 98.6 cm³/mol. The fourth-order valence-corrected chi connectivity index (χ4v) is 3.84. The quantitative estimate of drug-likeness (QED) is 0.772. The van der Waals surface area contributed by atoms with Crippen molar-refractivity contribution in [3.8, 4) is 5.75 Å². The van der Waals surface area contributed by atoms with Crippen molar-refractivity contribution < 1.29 is 4.74 Å². The lowest BCUT2D eigenvalue weighted by Gasteiger charge is -2.35. The number of hydrogen-bond donors (Lipinski definition) is 0. The minimum Gasteiger partial charge on any atom is -0.496 e. The fraction of sp³-hybridized carbons (Fsp3) is 0.476. The van der Waals surface area contributed by atoms with Crippen LogP contribution in [-0.2, 0) is 19.3 Å². The fourth-order valence-electron chi connectivity index (χ4n) is 3.84. The van der Waals surface area contributed by atoms with Crippen LogP contribution in [0.3, 0.4) is 0 Å². The van der Waals surface area contributed by atoms with Crippen molar-refractivity contribution in [2.24, 2.45) is 0 Å². The lowest BCUT2D eigenvalue weighted by atomic mass is 9.86. The smallest absolute Gasteiger partial charge is 0.122 e. The van der Waals surface area contributed by atoms with Crippen LogP contribution in [-0.4, -0.2) is 36.1 Å². The maximum absolute atomic E-state index is 5.54. The van der Waals surface area contributed by atoms with E-state index in [-0.39, 0.29) is 0 Å². The number of ether oxygens (including phenoxy) is 1. The largest absolute Gasteiger partial charge is 0.496 e. The Labute approximate surface area is 145 Å². The summed E-state index contributed by atoms with van der Waals surface area (Å²) < 4.78 is 5.54. The number of nitrogens with zero attached hydrogens (tertiary/aromatic N) is 2. The summed E-state index contributed by atoms with van der Waals surface area (Å²) in [7, 11) is 1.78. The molecule has 3 heteroatoms. The molecule has 0 fully saturated rings. The molecule has 3 rings (SSSR count). The second-order valence-electron chi connectivity index (χ2n) is 6.64. The predicted octanol–water partition coefficient (Wildman–Crippen LogP) is 3.90. The summed E-state index contributed by atoms with van der Waals surface area (Å²) in [6, 6.07) is 11.4. The van der Waals surface area contributed by atoms with Gasteiger partial charge in [-0.3, -0.25) is 9.88 Å². The molecule has 0 aliphatic heterocycles. The molecule has 0 bridgehead atoms. The third-order valence-electron chi connectivity index (χ3n) is 5.10. The van der Waals surface area contributed by atoms with Crippen molar-refractivity contribution in [1.29, 1.82) is 0 Å². The molecular formula is C21H28N2O. The monoisotopic (exact) mass is 324 g/mol. The topological polar surface area (TPSA) is 25.4 Å². The van der Waals surface area contributed by atoms with E-state index in [0.717, 1.165) is 31.6 Å². The van der Waals surface area contributed by atoms with Crippen molar-refractivity contribution >= 4 is 0 Å². The highest BCUT2D eigenvalue weighted by molar-refractivity contribution is 5.42. The second kappa shape index (κ2) is 8.29. The van der Waals surface area contributed by atoms with Crippen LogP contribution in [0, 0.1) is 0 Å². The Hall–Kier alpha value is -1.87. The molecule has 1 aromatic carbocycles. The summed E-state index contributed by atoms with van der Waals surface area (Å²) in [4.78, 5) is 6.80. The van der Waals surface area contributed by atoms with Crippen molar-refractivity contribution in [3.63, 3.8) is 0 Å². The maximum atomic E-state index is 5.54. The molecular weight excluding hydrogens is 296 g/mol. The zero-order valence-electron chi connectivity index (χ0n) is 14.9. The average molecular weight is 324 g/mol. The van der Waals surface area contributed by atoms with Crippen molar-refractivity contribution in [2.45, 2.75) is 45.1 Å². The maximum Gasteiger partial charge on any atom is 0.122 e. The molecule has 0 saturated heterocycles. The third-order valence-corrected chi connectivity index (χ3v) is 5.10. The highest BCUT2D eigenvalue weighted by Crippen LogP contribution is 2.31. The Morgan fingerprint density at radius 2 is 2.00 bits per heavy atom. The molecule has 0 radical (unpaired) electrons. The first-order chi connectivity index (χ1) is 11.8. The first kappa shape index (κ1) is 17.0. The van der Waals surface area contributed by atoms with E-state index in [1.54, 1.807) is 7.11 Å². The van der Waals surface area contributed by atoms with Gasteiger partial charge < -0.3 is 4.74 Å². The number of hydrogen-bond acceptors (Lipinski definition) is 3. The third kappa shape index (κ3) is 3.96. The molecule has 0 N–H and O–H groups in total. The molecule has 0 spiro atoms. The molecule has 1 aliphatic rings. The molecule has 1 atom stereocenters. The lowest BCUT2D eigenvalue weighted by Crippen LogP contribution is -2.41. The Morgan fingerprint density at radius 3 is 2.75 bits per heavy atom. The number of benzene rings is 1. The van der Waals surface area contributed by atoms with Crippen LogP contribution >= 0.6 is 0 Å². The summed E-state index contributed by atoms with van der Waals surface area (Å²) >= 11 is 0. The molecule has 1 aromatic heterocycles. The molecule has 1 unspecified atom stereocenters. The molecule has 0 amide bonds. The van der Waals surface area contributed by atoms with E-state index in [4.69, 9.17) is 4.74 Å². The summed E-state index contributed by atoms with van der Waals surface area (Å²) in [6.07, 6.45) is 9.58. The van der Waals surface area contributed by atoms with E-state index >= 15 is 0 Å². The van der Waals surface area contributed by atoms with Crippen LogP contribution in [0.2, 0.25) is 0 Å². The minimum atomic E-state index is 0.645. The Kier molecular flexibility index (Phi) is 5.86. The van der Waals surface area contributed by atoms with E-state index in [2.05, 4.69) is 47.1 Å². The van der Waals surface area contributed by atoms with Gasteiger partial charge >= 0.3 is 0 Å².